The van der Waals surface area contributed by atoms with E-state index >= 15 is 0 Å². The topological polar surface area (TPSA) is 227 Å². The maximum atomic E-state index is 12.6. The Kier molecular flexibility index (Phi) is 7.69. The minimum Gasteiger partial charge on any atom is -0.394 e. The van der Waals surface area contributed by atoms with Gasteiger partial charge in [-0.1, -0.05) is 0 Å². The summed E-state index contributed by atoms with van der Waals surface area (Å²) in [6.07, 6.45) is -16.8. The molecule has 0 unspecified atom stereocenters. The average molecular weight is 480 g/mol. The van der Waals surface area contributed by atoms with Gasteiger partial charge in [-0.25, -0.2) is 4.79 Å². The fourth-order valence-corrected chi connectivity index (χ4v) is 4.11. The Labute approximate surface area is 187 Å². The molecule has 3 rings (SSSR count). The lowest BCUT2D eigenvalue weighted by atomic mass is 9.85. The van der Waals surface area contributed by atoms with Gasteiger partial charge in [0.15, 0.2) is 6.29 Å². The van der Waals surface area contributed by atoms with Gasteiger partial charge in [-0.05, 0) is 0 Å². The molecule has 0 aromatic heterocycles. The quantitative estimate of drug-likeness (QED) is 0.182. The lowest BCUT2D eigenvalue weighted by molar-refractivity contribution is -0.343. The van der Waals surface area contributed by atoms with E-state index in [-0.39, 0.29) is 0 Å². The van der Waals surface area contributed by atoms with Crippen LogP contribution in [0.25, 0.3) is 0 Å². The number of aliphatic hydroxyl groups is 7. The molecule has 3 heterocycles. The Morgan fingerprint density at radius 1 is 0.758 bits per heavy atom. The molecular formula is C18H28N2O13. The van der Waals surface area contributed by atoms with Crippen molar-refractivity contribution in [3.8, 4) is 0 Å². The molecule has 0 bridgehead atoms. The molecule has 15 nitrogen and oxygen atoms in total. The predicted molar refractivity (Wildman–Crippen MR) is 101 cm³/mol. The molecule has 4 amide bonds. The van der Waals surface area contributed by atoms with E-state index in [0.717, 1.165) is 14.1 Å². The Balaban J connectivity index is 1.81. The normalized spacial score (nSPS) is 43.4. The summed E-state index contributed by atoms with van der Waals surface area (Å²) in [7, 11) is 2.25. The van der Waals surface area contributed by atoms with Crippen LogP contribution in [0, 0.1) is 5.92 Å². The molecule has 0 radical (unpaired) electrons. The minimum absolute atomic E-state index is 0.652. The summed E-state index contributed by atoms with van der Waals surface area (Å²) in [5, 5.41) is 70.3. The molecule has 10 atom stereocenters. The molecule has 0 aliphatic carbocycles. The van der Waals surface area contributed by atoms with Crippen molar-refractivity contribution < 1.29 is 64.3 Å². The van der Waals surface area contributed by atoms with Crippen LogP contribution in [0.2, 0.25) is 0 Å². The van der Waals surface area contributed by atoms with E-state index in [1.54, 1.807) is 0 Å². The number of hydrogen-bond donors (Lipinski definition) is 7. The molecule has 3 fully saturated rings. The number of imide groups is 2. The summed E-state index contributed by atoms with van der Waals surface area (Å²) in [4.78, 5) is 38.4. The van der Waals surface area contributed by atoms with Gasteiger partial charge < -0.3 is 50.0 Å². The second kappa shape index (κ2) is 9.83. The van der Waals surface area contributed by atoms with E-state index in [9.17, 15) is 50.1 Å². The summed E-state index contributed by atoms with van der Waals surface area (Å²) in [5.74, 6) is -3.67. The number of ether oxygens (including phenoxy) is 3. The number of barbiturate groups is 1. The fourth-order valence-electron chi connectivity index (χ4n) is 4.11. The van der Waals surface area contributed by atoms with Crippen molar-refractivity contribution in [2.75, 3.05) is 27.3 Å². The van der Waals surface area contributed by atoms with Gasteiger partial charge in [0.05, 0.1) is 13.2 Å². The van der Waals surface area contributed by atoms with E-state index in [1.807, 2.05) is 0 Å². The molecule has 15 heteroatoms. The Morgan fingerprint density at radius 3 is 1.82 bits per heavy atom. The van der Waals surface area contributed by atoms with E-state index in [2.05, 4.69) is 0 Å². The van der Waals surface area contributed by atoms with E-state index < -0.39 is 98.2 Å². The van der Waals surface area contributed by atoms with Crippen molar-refractivity contribution in [2.24, 2.45) is 5.92 Å². The summed E-state index contributed by atoms with van der Waals surface area (Å²) in [6, 6.07) is -0.894. The first-order valence-corrected chi connectivity index (χ1v) is 10.1. The third-order valence-corrected chi connectivity index (χ3v) is 6.14. The SMILES string of the molecule is CN1C(=O)C([C@@H]2O[C@H](CO)[C@@H](O[C@H]3O[C@H](CO)[C@@H](O)[C@H](O)[C@H]3O)[C@H](O)[C@H]2O)C(=O)N(C)C1=O. The lowest BCUT2D eigenvalue weighted by Gasteiger charge is -2.48. The molecule has 3 saturated heterocycles. The number of urea groups is 1. The van der Waals surface area contributed by atoms with Gasteiger partial charge >= 0.3 is 6.03 Å². The molecule has 3 aliphatic rings. The predicted octanol–water partition coefficient (Wildman–Crippen LogP) is -5.68. The molecule has 33 heavy (non-hydrogen) atoms. The van der Waals surface area contributed by atoms with Crippen LogP contribution < -0.4 is 0 Å². The minimum atomic E-state index is -1.92. The van der Waals surface area contributed by atoms with Crippen molar-refractivity contribution in [2.45, 2.75) is 61.2 Å². The molecule has 0 aromatic rings. The number of aliphatic hydroxyl groups excluding tert-OH is 7. The maximum Gasteiger partial charge on any atom is 0.332 e. The molecule has 7 N–H and O–H groups in total. The van der Waals surface area contributed by atoms with Crippen molar-refractivity contribution in [3.05, 3.63) is 0 Å². The van der Waals surface area contributed by atoms with Crippen LogP contribution in [0.1, 0.15) is 0 Å². The fraction of sp³-hybridized carbons (Fsp3) is 0.833. The van der Waals surface area contributed by atoms with Crippen LogP contribution >= 0.6 is 0 Å². The van der Waals surface area contributed by atoms with Crippen LogP contribution in [0.5, 0.6) is 0 Å². The van der Waals surface area contributed by atoms with Crippen molar-refractivity contribution in [3.63, 3.8) is 0 Å². The van der Waals surface area contributed by atoms with E-state index in [1.165, 1.54) is 0 Å². The van der Waals surface area contributed by atoms with E-state index in [0.29, 0.717) is 9.80 Å². The van der Waals surface area contributed by atoms with Crippen LogP contribution in [0.4, 0.5) is 4.79 Å². The highest BCUT2D eigenvalue weighted by atomic mass is 16.7. The van der Waals surface area contributed by atoms with Crippen molar-refractivity contribution in [1.29, 1.82) is 0 Å². The standard InChI is InChI=1S/C18H28N2O13/c1-19-15(28)7(16(29)20(2)18(19)30)14-11(26)10(25)13(6(4-22)31-14)33-17-12(27)9(24)8(23)5(3-21)32-17/h5-14,17,21-27H,3-4H2,1-2H3/t5-,6-,8-,9+,10-,11-,12-,13-,14+,17-/m1/s1. The summed E-state index contributed by atoms with van der Waals surface area (Å²) in [5.41, 5.74) is 0. The Morgan fingerprint density at radius 2 is 1.30 bits per heavy atom. The van der Waals surface area contributed by atoms with Crippen LogP contribution in [-0.2, 0) is 23.8 Å². The number of nitrogens with zero attached hydrogens (tertiary/aromatic N) is 2. The maximum absolute atomic E-state index is 12.6. The number of amides is 4. The first kappa shape index (κ1) is 25.8. The number of carbonyl (C=O) groups is 3. The van der Waals surface area contributed by atoms with Gasteiger partial charge in [0.25, 0.3) is 0 Å². The highest BCUT2D eigenvalue weighted by molar-refractivity contribution is 6.16. The average Bonchev–Trinajstić information content (AvgIpc) is 2.80. The second-order valence-electron chi connectivity index (χ2n) is 8.16. The number of carbonyl (C=O) groups excluding carboxylic acids is 3. The number of hydrogen-bond acceptors (Lipinski definition) is 13. The second-order valence-corrected chi connectivity index (χ2v) is 8.16. The largest absolute Gasteiger partial charge is 0.394 e. The lowest BCUT2D eigenvalue weighted by Crippen LogP contribution is -2.68. The monoisotopic (exact) mass is 480 g/mol. The zero-order valence-corrected chi connectivity index (χ0v) is 17.7. The van der Waals surface area contributed by atoms with Crippen LogP contribution in [0.15, 0.2) is 0 Å². The summed E-state index contributed by atoms with van der Waals surface area (Å²) in [6.45, 7) is -1.57. The zero-order valence-electron chi connectivity index (χ0n) is 17.7. The molecule has 0 aromatic carbocycles. The van der Waals surface area contributed by atoms with E-state index in [4.69, 9.17) is 14.2 Å². The smallest absolute Gasteiger partial charge is 0.332 e. The summed E-state index contributed by atoms with van der Waals surface area (Å²) >= 11 is 0. The third-order valence-electron chi connectivity index (χ3n) is 6.14. The first-order valence-electron chi connectivity index (χ1n) is 10.1. The Bertz CT molecular complexity index is 740. The highest BCUT2D eigenvalue weighted by Gasteiger charge is 2.56. The van der Waals surface area contributed by atoms with Crippen molar-refractivity contribution in [1.82, 2.24) is 9.80 Å². The van der Waals surface area contributed by atoms with Crippen LogP contribution in [0.3, 0.4) is 0 Å². The van der Waals surface area contributed by atoms with Gasteiger partial charge in [0, 0.05) is 14.1 Å². The third kappa shape index (κ3) is 4.37. The molecule has 0 spiro atoms. The Hall–Kier alpha value is -1.79. The first-order chi connectivity index (χ1) is 15.5. The number of rotatable bonds is 5. The molecule has 3 aliphatic heterocycles. The molecule has 0 saturated carbocycles. The molecular weight excluding hydrogens is 452 g/mol. The van der Waals surface area contributed by atoms with Crippen molar-refractivity contribution >= 4 is 17.8 Å². The zero-order chi connectivity index (χ0) is 24.8. The summed E-state index contributed by atoms with van der Waals surface area (Å²) < 4.78 is 16.2. The van der Waals surface area contributed by atoms with Gasteiger partial charge in [-0.15, -0.1) is 0 Å². The van der Waals surface area contributed by atoms with Gasteiger partial charge in [0.1, 0.15) is 60.9 Å². The van der Waals surface area contributed by atoms with Gasteiger partial charge in [0.2, 0.25) is 11.8 Å². The van der Waals surface area contributed by atoms with Gasteiger partial charge in [-0.3, -0.25) is 19.4 Å². The van der Waals surface area contributed by atoms with Crippen LogP contribution in [-0.4, -0.2) is 152 Å². The molecule has 188 valence electrons. The highest BCUT2D eigenvalue weighted by Crippen LogP contribution is 2.33. The van der Waals surface area contributed by atoms with Gasteiger partial charge in [-0.2, -0.15) is 0 Å².